The zero-order valence-corrected chi connectivity index (χ0v) is 26.8. The second kappa shape index (κ2) is 16.4. The molecule has 1 saturated carbocycles. The quantitative estimate of drug-likeness (QED) is 0.0732. The molecule has 1 aromatic heterocycles. The number of hydrazine groups is 1. The highest BCUT2D eigenvalue weighted by Crippen LogP contribution is 2.29. The minimum atomic E-state index is 0.395. The van der Waals surface area contributed by atoms with Crippen LogP contribution in [0.5, 0.6) is 0 Å². The van der Waals surface area contributed by atoms with Gasteiger partial charge in [-0.25, -0.2) is 4.98 Å². The number of aryl methyl sites for hydroxylation is 1. The molecule has 1 aliphatic heterocycles. The first-order chi connectivity index (χ1) is 21.2. The maximum atomic E-state index is 5.80. The minimum absolute atomic E-state index is 0.395. The molecule has 2 aliphatic rings. The summed E-state index contributed by atoms with van der Waals surface area (Å²) in [5.74, 6) is 2.69. The topological polar surface area (TPSA) is 87.5 Å². The van der Waals surface area contributed by atoms with Crippen molar-refractivity contribution in [1.29, 1.82) is 0 Å². The van der Waals surface area contributed by atoms with Crippen molar-refractivity contribution < 1.29 is 4.84 Å². The predicted octanol–water partition coefficient (Wildman–Crippen LogP) is 7.53. The van der Waals surface area contributed by atoms with Gasteiger partial charge in [-0.3, -0.25) is 4.84 Å². The highest BCUT2D eigenvalue weighted by molar-refractivity contribution is 5.76. The van der Waals surface area contributed by atoms with Crippen molar-refractivity contribution in [2.24, 2.45) is 23.5 Å². The van der Waals surface area contributed by atoms with E-state index < -0.39 is 0 Å². The van der Waals surface area contributed by atoms with E-state index >= 15 is 0 Å². The number of anilines is 2. The van der Waals surface area contributed by atoms with E-state index in [1.165, 1.54) is 36.8 Å². The maximum absolute atomic E-state index is 5.80. The van der Waals surface area contributed by atoms with Gasteiger partial charge in [0.2, 0.25) is 0 Å². The van der Waals surface area contributed by atoms with Gasteiger partial charge in [-0.2, -0.15) is 0 Å². The van der Waals surface area contributed by atoms with Crippen molar-refractivity contribution in [1.82, 2.24) is 16.0 Å². The van der Waals surface area contributed by atoms with Gasteiger partial charge in [-0.1, -0.05) is 56.2 Å². The first-order valence-corrected chi connectivity index (χ1v) is 16.0. The number of allylic oxidation sites excluding steroid dienone is 4. The average molecular weight is 597 g/mol. The zero-order valence-electron chi connectivity index (χ0n) is 26.8. The highest BCUT2D eigenvalue weighted by Gasteiger charge is 2.23. The summed E-state index contributed by atoms with van der Waals surface area (Å²) in [4.78, 5) is 12.8. The van der Waals surface area contributed by atoms with Gasteiger partial charge < -0.3 is 21.4 Å². The van der Waals surface area contributed by atoms with Gasteiger partial charge >= 0.3 is 0 Å². The Bertz CT molecular complexity index is 1310. The van der Waals surface area contributed by atoms with Gasteiger partial charge in [0.05, 0.1) is 18.5 Å². The van der Waals surface area contributed by atoms with Crippen LogP contribution in [-0.4, -0.2) is 31.2 Å². The van der Waals surface area contributed by atoms with Crippen LogP contribution in [0.15, 0.2) is 85.8 Å². The average Bonchev–Trinajstić information content (AvgIpc) is 3.04. The summed E-state index contributed by atoms with van der Waals surface area (Å²) in [6.07, 6.45) is 13.6. The lowest BCUT2D eigenvalue weighted by Crippen LogP contribution is -2.40. The van der Waals surface area contributed by atoms with E-state index in [1.54, 1.807) is 0 Å². The summed E-state index contributed by atoms with van der Waals surface area (Å²) >= 11 is 0. The van der Waals surface area contributed by atoms with Crippen molar-refractivity contribution in [3.8, 4) is 0 Å². The van der Waals surface area contributed by atoms with Crippen LogP contribution in [0.25, 0.3) is 11.8 Å². The second-order valence-electron chi connectivity index (χ2n) is 12.6. The Morgan fingerprint density at radius 2 is 1.77 bits per heavy atom. The number of rotatable bonds is 15. The zero-order chi connectivity index (χ0) is 31.5. The summed E-state index contributed by atoms with van der Waals surface area (Å²) < 4.78 is 0. The van der Waals surface area contributed by atoms with Gasteiger partial charge in [0.25, 0.3) is 0 Å². The maximum Gasteiger partial charge on any atom is 0.128 e. The van der Waals surface area contributed by atoms with Crippen molar-refractivity contribution >= 4 is 23.3 Å². The van der Waals surface area contributed by atoms with Gasteiger partial charge in [0.1, 0.15) is 5.82 Å². The van der Waals surface area contributed by atoms with Crippen LogP contribution >= 0.6 is 0 Å². The van der Waals surface area contributed by atoms with Gasteiger partial charge in [-0.05, 0) is 118 Å². The fraction of sp³-hybridized carbons (Fsp3) is 0.432. The third kappa shape index (κ3) is 9.68. The van der Waals surface area contributed by atoms with Crippen LogP contribution < -0.4 is 27.0 Å². The predicted molar refractivity (Wildman–Crippen MR) is 186 cm³/mol. The Morgan fingerprint density at radius 3 is 2.39 bits per heavy atom. The Kier molecular flexibility index (Phi) is 12.4. The number of hydrogen-bond acceptors (Lipinski definition) is 7. The SMILES string of the molecule is C=C/C(=C/c1ccc(C(=C)Nc2ccc(N3CCC(C(=C)NNOCC4CCC(CN)CC4)CC3)nc2)cc1C)CC(=C)C. The summed E-state index contributed by atoms with van der Waals surface area (Å²) in [7, 11) is 0. The Labute approximate surface area is 265 Å². The van der Waals surface area contributed by atoms with Gasteiger partial charge in [-0.15, -0.1) is 5.59 Å². The number of nitrogens with one attached hydrogen (secondary N) is 3. The lowest BCUT2D eigenvalue weighted by molar-refractivity contribution is -0.0145. The Hall–Kier alpha value is -3.65. The third-order valence-corrected chi connectivity index (χ3v) is 8.98. The molecule has 1 aliphatic carbocycles. The molecule has 1 aromatic carbocycles. The number of nitrogens with zero attached hydrogens (tertiary/aromatic N) is 2. The fourth-order valence-electron chi connectivity index (χ4n) is 6.10. The molecule has 4 rings (SSSR count). The summed E-state index contributed by atoms with van der Waals surface area (Å²) in [5.41, 5.74) is 20.4. The van der Waals surface area contributed by atoms with Crippen molar-refractivity contribution in [2.75, 3.05) is 36.5 Å². The molecule has 1 saturated heterocycles. The molecule has 5 N–H and O–H groups in total. The van der Waals surface area contributed by atoms with Crippen LogP contribution in [0.1, 0.15) is 68.6 Å². The van der Waals surface area contributed by atoms with E-state index in [1.807, 2.05) is 19.2 Å². The van der Waals surface area contributed by atoms with E-state index in [4.69, 9.17) is 15.6 Å². The van der Waals surface area contributed by atoms with E-state index in [0.29, 0.717) is 17.8 Å². The van der Waals surface area contributed by atoms with Crippen LogP contribution in [-0.2, 0) is 4.84 Å². The molecule has 0 atom stereocenters. The molecule has 2 heterocycles. The van der Waals surface area contributed by atoms with Crippen LogP contribution in [0.2, 0.25) is 0 Å². The molecule has 0 amide bonds. The first kappa shape index (κ1) is 33.2. The summed E-state index contributed by atoms with van der Waals surface area (Å²) in [5, 5.41) is 3.42. The number of hydrogen-bond donors (Lipinski definition) is 4. The molecule has 0 radical (unpaired) electrons. The number of benzene rings is 1. The largest absolute Gasteiger partial charge is 0.357 e. The Morgan fingerprint density at radius 1 is 1.05 bits per heavy atom. The van der Waals surface area contributed by atoms with Crippen LogP contribution in [0.4, 0.5) is 11.5 Å². The van der Waals surface area contributed by atoms with Crippen LogP contribution in [0, 0.1) is 24.7 Å². The highest BCUT2D eigenvalue weighted by atomic mass is 16.7. The second-order valence-corrected chi connectivity index (χ2v) is 12.6. The lowest BCUT2D eigenvalue weighted by Gasteiger charge is -2.34. The molecular formula is C37H52N6O. The summed E-state index contributed by atoms with van der Waals surface area (Å²) in [6.45, 7) is 24.1. The molecule has 7 heteroatoms. The van der Waals surface area contributed by atoms with E-state index in [2.05, 4.69) is 90.9 Å². The van der Waals surface area contributed by atoms with E-state index in [9.17, 15) is 0 Å². The smallest absolute Gasteiger partial charge is 0.128 e. The molecule has 0 unspecified atom stereocenters. The molecule has 44 heavy (non-hydrogen) atoms. The molecule has 2 fully saturated rings. The minimum Gasteiger partial charge on any atom is -0.357 e. The molecule has 0 spiro atoms. The first-order valence-electron chi connectivity index (χ1n) is 16.0. The monoisotopic (exact) mass is 596 g/mol. The van der Waals surface area contributed by atoms with Crippen LogP contribution in [0.3, 0.4) is 0 Å². The molecule has 7 nitrogen and oxygen atoms in total. The molecular weight excluding hydrogens is 544 g/mol. The third-order valence-electron chi connectivity index (χ3n) is 8.98. The van der Waals surface area contributed by atoms with Crippen molar-refractivity contribution in [3.63, 3.8) is 0 Å². The molecule has 2 aromatic rings. The number of nitrogens with two attached hydrogens (primary N) is 1. The normalized spacial score (nSPS) is 19.3. The molecule has 0 bridgehead atoms. The summed E-state index contributed by atoms with van der Waals surface area (Å²) in [6, 6.07) is 10.5. The van der Waals surface area contributed by atoms with E-state index in [0.717, 1.165) is 85.1 Å². The standard InChI is InChI=1S/C37H52N6O/c1-7-30(20-26(2)3)22-34-12-13-35(21-27(34)4)28(5)40-36-14-15-37(39-24-36)43-18-16-33(17-19-43)29(6)41-42-44-25-32-10-8-31(23-38)9-11-32/h7,12-15,21-22,24,31-33,40-42H,1-2,5-6,8-11,16-20,23,25,38H2,3-4H3/b30-22-. The molecule has 236 valence electrons. The fourth-order valence-corrected chi connectivity index (χ4v) is 6.10. The number of aromatic nitrogens is 1. The van der Waals surface area contributed by atoms with Crippen molar-refractivity contribution in [3.05, 3.63) is 102 Å². The number of piperidine rings is 1. The van der Waals surface area contributed by atoms with Gasteiger partial charge in [0.15, 0.2) is 0 Å². The Balaban J connectivity index is 1.19. The van der Waals surface area contributed by atoms with Crippen molar-refractivity contribution in [2.45, 2.75) is 58.8 Å². The lowest BCUT2D eigenvalue weighted by atomic mass is 9.82. The van der Waals surface area contributed by atoms with Gasteiger partial charge in [0, 0.05) is 30.4 Å². The van der Waals surface area contributed by atoms with E-state index in [-0.39, 0.29) is 0 Å². The number of pyridine rings is 1.